The number of Topliss-reactive ketones (excluding diaryl/α,β-unsaturated/α-hetero) is 1. The number of hydrogen-bond acceptors (Lipinski definition) is 5. The quantitative estimate of drug-likeness (QED) is 0.353. The molecule has 3 aromatic carbocycles. The van der Waals surface area contributed by atoms with Gasteiger partial charge in [0.2, 0.25) is 5.91 Å². The molecule has 7 heteroatoms. The fourth-order valence-corrected chi connectivity index (χ4v) is 5.23. The van der Waals surface area contributed by atoms with Crippen molar-refractivity contribution in [1.82, 2.24) is 0 Å². The Morgan fingerprint density at radius 2 is 1.78 bits per heavy atom. The molecule has 0 saturated heterocycles. The van der Waals surface area contributed by atoms with Gasteiger partial charge in [0, 0.05) is 36.2 Å². The highest BCUT2D eigenvalue weighted by Gasteiger charge is 2.41. The van der Waals surface area contributed by atoms with Crippen molar-refractivity contribution in [1.29, 1.82) is 0 Å². The third kappa shape index (κ3) is 4.17. The second-order valence-corrected chi connectivity index (χ2v) is 9.35. The SMILES string of the molecule is CCC(=O)N1c2ccccc2NC2=C(C(=O)C[C@H](c3ccc(C)cc3)C2)[C@@H]1c1cccc([N+](=O)[O-])c1. The Balaban J connectivity index is 1.72. The second kappa shape index (κ2) is 9.41. The maximum Gasteiger partial charge on any atom is 0.269 e. The summed E-state index contributed by atoms with van der Waals surface area (Å²) in [6.07, 6.45) is 1.13. The van der Waals surface area contributed by atoms with Gasteiger partial charge in [-0.1, -0.05) is 61.0 Å². The summed E-state index contributed by atoms with van der Waals surface area (Å²) < 4.78 is 0. The van der Waals surface area contributed by atoms with Crippen molar-refractivity contribution in [3.8, 4) is 0 Å². The van der Waals surface area contributed by atoms with Crippen molar-refractivity contribution in [2.24, 2.45) is 0 Å². The van der Waals surface area contributed by atoms with E-state index >= 15 is 0 Å². The number of carbonyl (C=O) groups excluding carboxylic acids is 2. The molecule has 5 rings (SSSR count). The van der Waals surface area contributed by atoms with Gasteiger partial charge in [-0.3, -0.25) is 24.6 Å². The van der Waals surface area contributed by atoms with Gasteiger partial charge in [0.25, 0.3) is 5.69 Å². The van der Waals surface area contributed by atoms with Crippen molar-refractivity contribution < 1.29 is 14.5 Å². The van der Waals surface area contributed by atoms with E-state index in [4.69, 9.17) is 0 Å². The van der Waals surface area contributed by atoms with Crippen molar-refractivity contribution >= 4 is 28.8 Å². The van der Waals surface area contributed by atoms with E-state index in [2.05, 4.69) is 17.4 Å². The van der Waals surface area contributed by atoms with Gasteiger partial charge >= 0.3 is 0 Å². The fraction of sp³-hybridized carbons (Fsp3) is 0.241. The minimum Gasteiger partial charge on any atom is -0.357 e. The van der Waals surface area contributed by atoms with E-state index in [0.717, 1.165) is 22.5 Å². The van der Waals surface area contributed by atoms with Crippen LogP contribution in [-0.4, -0.2) is 16.6 Å². The Bertz CT molecular complexity index is 1390. The van der Waals surface area contributed by atoms with E-state index in [1.807, 2.05) is 43.3 Å². The lowest BCUT2D eigenvalue weighted by atomic mass is 9.78. The van der Waals surface area contributed by atoms with Crippen LogP contribution in [0.3, 0.4) is 0 Å². The number of amides is 1. The number of allylic oxidation sites excluding steroid dienone is 1. The summed E-state index contributed by atoms with van der Waals surface area (Å²) in [5.74, 6) is -0.230. The summed E-state index contributed by atoms with van der Waals surface area (Å²) in [7, 11) is 0. The molecule has 0 saturated carbocycles. The molecular formula is C29H27N3O4. The standard InChI is InChI=1S/C29H27N3O4/c1-3-27(34)31-25-10-5-4-9-23(25)30-24-16-21(19-13-11-18(2)12-14-19)17-26(33)28(24)29(31)20-7-6-8-22(15-20)32(35)36/h4-15,21,29-30H,3,16-17H2,1-2H3/t21-,29+/m1/s1. The molecule has 182 valence electrons. The molecule has 2 atom stereocenters. The summed E-state index contributed by atoms with van der Waals surface area (Å²) in [5.41, 5.74) is 5.34. The number of nitrogens with one attached hydrogen (secondary N) is 1. The molecular weight excluding hydrogens is 454 g/mol. The summed E-state index contributed by atoms with van der Waals surface area (Å²) in [6, 6.07) is 21.2. The Kier molecular flexibility index (Phi) is 6.14. The molecule has 0 fully saturated rings. The highest BCUT2D eigenvalue weighted by Crippen LogP contribution is 2.47. The maximum absolute atomic E-state index is 13.9. The zero-order chi connectivity index (χ0) is 25.4. The number of para-hydroxylation sites is 2. The molecule has 0 aromatic heterocycles. The molecule has 3 aromatic rings. The van der Waals surface area contributed by atoms with Crippen LogP contribution in [0.4, 0.5) is 17.1 Å². The number of anilines is 2. The van der Waals surface area contributed by atoms with Crippen molar-refractivity contribution in [3.63, 3.8) is 0 Å². The summed E-state index contributed by atoms with van der Waals surface area (Å²) in [5, 5.41) is 15.1. The molecule has 1 amide bonds. The van der Waals surface area contributed by atoms with Gasteiger partial charge in [-0.15, -0.1) is 0 Å². The summed E-state index contributed by atoms with van der Waals surface area (Å²) >= 11 is 0. The van der Waals surface area contributed by atoms with E-state index in [9.17, 15) is 19.7 Å². The molecule has 1 heterocycles. The molecule has 1 aliphatic carbocycles. The predicted octanol–water partition coefficient (Wildman–Crippen LogP) is 6.21. The van der Waals surface area contributed by atoms with E-state index in [1.165, 1.54) is 12.1 Å². The predicted molar refractivity (Wildman–Crippen MR) is 139 cm³/mol. The number of nitro groups is 1. The van der Waals surface area contributed by atoms with Crippen LogP contribution >= 0.6 is 0 Å². The van der Waals surface area contributed by atoms with Gasteiger partial charge in [0.1, 0.15) is 0 Å². The number of ketones is 1. The third-order valence-corrected chi connectivity index (χ3v) is 7.01. The highest BCUT2D eigenvalue weighted by atomic mass is 16.6. The van der Waals surface area contributed by atoms with Crippen LogP contribution in [0.15, 0.2) is 84.1 Å². The van der Waals surface area contributed by atoms with E-state index < -0.39 is 11.0 Å². The molecule has 0 unspecified atom stereocenters. The minimum absolute atomic E-state index is 0.00398. The monoisotopic (exact) mass is 481 g/mol. The third-order valence-electron chi connectivity index (χ3n) is 7.01. The Morgan fingerprint density at radius 3 is 2.50 bits per heavy atom. The topological polar surface area (TPSA) is 92.6 Å². The summed E-state index contributed by atoms with van der Waals surface area (Å²) in [4.78, 5) is 40.0. The molecule has 0 bridgehead atoms. The minimum atomic E-state index is -0.769. The second-order valence-electron chi connectivity index (χ2n) is 9.35. The van der Waals surface area contributed by atoms with Crippen LogP contribution in [-0.2, 0) is 9.59 Å². The largest absolute Gasteiger partial charge is 0.357 e. The number of rotatable bonds is 4. The van der Waals surface area contributed by atoms with Gasteiger partial charge in [0.15, 0.2) is 5.78 Å². The fourth-order valence-electron chi connectivity index (χ4n) is 5.23. The van der Waals surface area contributed by atoms with Crippen LogP contribution in [0, 0.1) is 17.0 Å². The van der Waals surface area contributed by atoms with E-state index in [-0.39, 0.29) is 29.7 Å². The Morgan fingerprint density at radius 1 is 1.03 bits per heavy atom. The first-order chi connectivity index (χ1) is 17.4. The van der Waals surface area contributed by atoms with Crippen LogP contribution < -0.4 is 10.2 Å². The normalized spacial score (nSPS) is 19.2. The molecule has 1 aliphatic heterocycles. The van der Waals surface area contributed by atoms with Gasteiger partial charge in [-0.05, 0) is 42.5 Å². The Labute approximate surface area is 209 Å². The van der Waals surface area contributed by atoms with Gasteiger partial charge in [-0.2, -0.15) is 0 Å². The first-order valence-electron chi connectivity index (χ1n) is 12.1. The lowest BCUT2D eigenvalue weighted by Gasteiger charge is -2.35. The average Bonchev–Trinajstić information content (AvgIpc) is 3.03. The molecule has 36 heavy (non-hydrogen) atoms. The zero-order valence-corrected chi connectivity index (χ0v) is 20.2. The zero-order valence-electron chi connectivity index (χ0n) is 20.2. The van der Waals surface area contributed by atoms with Crippen LogP contribution in [0.1, 0.15) is 54.8 Å². The van der Waals surface area contributed by atoms with E-state index in [0.29, 0.717) is 29.7 Å². The molecule has 1 N–H and O–H groups in total. The van der Waals surface area contributed by atoms with Crippen LogP contribution in [0.5, 0.6) is 0 Å². The van der Waals surface area contributed by atoms with Gasteiger partial charge in [-0.25, -0.2) is 0 Å². The number of nitrogens with zero attached hydrogens (tertiary/aromatic N) is 2. The number of non-ortho nitro benzene ring substituents is 1. The average molecular weight is 482 g/mol. The lowest BCUT2D eigenvalue weighted by Crippen LogP contribution is -2.38. The molecule has 0 spiro atoms. The molecule has 0 radical (unpaired) electrons. The number of fused-ring (bicyclic) bond motifs is 1. The van der Waals surface area contributed by atoms with Crippen molar-refractivity contribution in [2.75, 3.05) is 10.2 Å². The van der Waals surface area contributed by atoms with Crippen molar-refractivity contribution in [2.45, 2.75) is 45.1 Å². The number of nitro benzene ring substituents is 1. The lowest BCUT2D eigenvalue weighted by molar-refractivity contribution is -0.384. The Hall–Kier alpha value is -4.26. The maximum atomic E-state index is 13.9. The van der Waals surface area contributed by atoms with Crippen LogP contribution in [0.2, 0.25) is 0 Å². The number of aryl methyl sites for hydroxylation is 1. The molecule has 2 aliphatic rings. The summed E-state index contributed by atoms with van der Waals surface area (Å²) in [6.45, 7) is 3.81. The van der Waals surface area contributed by atoms with Gasteiger partial charge < -0.3 is 5.32 Å². The number of carbonyl (C=O) groups is 2. The van der Waals surface area contributed by atoms with Crippen molar-refractivity contribution in [3.05, 3.63) is 111 Å². The van der Waals surface area contributed by atoms with E-state index in [1.54, 1.807) is 24.0 Å². The number of benzene rings is 3. The molecule has 7 nitrogen and oxygen atoms in total. The first-order valence-corrected chi connectivity index (χ1v) is 12.1. The smallest absolute Gasteiger partial charge is 0.269 e. The highest BCUT2D eigenvalue weighted by molar-refractivity contribution is 6.06. The number of hydrogen-bond donors (Lipinski definition) is 1. The van der Waals surface area contributed by atoms with Crippen LogP contribution in [0.25, 0.3) is 0 Å². The first kappa shape index (κ1) is 23.5. The van der Waals surface area contributed by atoms with Gasteiger partial charge in [0.05, 0.1) is 22.3 Å².